The first-order chi connectivity index (χ1) is 17.5. The van der Waals surface area contributed by atoms with Gasteiger partial charge in [-0.05, 0) is 61.4 Å². The molecule has 1 atom stereocenters. The van der Waals surface area contributed by atoms with Crippen molar-refractivity contribution in [3.8, 4) is 5.75 Å². The van der Waals surface area contributed by atoms with Crippen molar-refractivity contribution < 1.29 is 22.7 Å². The molecular formula is C27H38N4O5S. The zero-order valence-corrected chi connectivity index (χ0v) is 23.2. The number of hydrogen-bond acceptors (Lipinski definition) is 6. The van der Waals surface area contributed by atoms with Gasteiger partial charge in [0.25, 0.3) is 0 Å². The van der Waals surface area contributed by atoms with Crippen LogP contribution in [0.5, 0.6) is 5.75 Å². The molecule has 202 valence electrons. The predicted molar refractivity (Wildman–Crippen MR) is 143 cm³/mol. The smallest absolute Gasteiger partial charge is 0.243 e. The summed E-state index contributed by atoms with van der Waals surface area (Å²) in [7, 11) is 0.681. The molecule has 2 aromatic carbocycles. The summed E-state index contributed by atoms with van der Waals surface area (Å²) in [6, 6.07) is 13.7. The third kappa shape index (κ3) is 7.53. The summed E-state index contributed by atoms with van der Waals surface area (Å²) in [5.41, 5.74) is 2.40. The highest BCUT2D eigenvalue weighted by atomic mass is 32.2. The lowest BCUT2D eigenvalue weighted by molar-refractivity contribution is -0.133. The second kappa shape index (κ2) is 12.5. The molecule has 0 aromatic heterocycles. The van der Waals surface area contributed by atoms with Crippen LogP contribution in [0.15, 0.2) is 47.4 Å². The number of amides is 2. The van der Waals surface area contributed by atoms with E-state index in [0.717, 1.165) is 30.2 Å². The van der Waals surface area contributed by atoms with Crippen molar-refractivity contribution in [2.24, 2.45) is 5.92 Å². The summed E-state index contributed by atoms with van der Waals surface area (Å²) in [5.74, 6) is 0.353. The van der Waals surface area contributed by atoms with Crippen LogP contribution in [-0.2, 0) is 26.0 Å². The summed E-state index contributed by atoms with van der Waals surface area (Å²) in [5, 5.41) is 2.56. The minimum atomic E-state index is -3.90. The van der Waals surface area contributed by atoms with Gasteiger partial charge in [-0.25, -0.2) is 8.42 Å². The summed E-state index contributed by atoms with van der Waals surface area (Å²) < 4.78 is 32.4. The normalized spacial score (nSPS) is 16.1. The van der Waals surface area contributed by atoms with Crippen LogP contribution in [0.2, 0.25) is 0 Å². The lowest BCUT2D eigenvalue weighted by Gasteiger charge is -2.25. The molecule has 9 nitrogen and oxygen atoms in total. The standard InChI is InChI=1S/C27H38N4O5S/c1-20-13-24(36-5)14-21(2)27(20)37(34,35)30(4)18-25(32)28-16-26(33)29(3)19-31-12-11-23(17-31)15-22-9-7-6-8-10-22/h6-10,13-14,23H,11-12,15-19H2,1-5H3,(H,28,32). The van der Waals surface area contributed by atoms with Gasteiger partial charge in [0.15, 0.2) is 0 Å². The van der Waals surface area contributed by atoms with Crippen molar-refractivity contribution in [1.29, 1.82) is 0 Å². The molecule has 3 rings (SSSR count). The van der Waals surface area contributed by atoms with Gasteiger partial charge in [-0.15, -0.1) is 0 Å². The number of aryl methyl sites for hydroxylation is 2. The topological polar surface area (TPSA) is 99.3 Å². The Kier molecular flexibility index (Phi) is 9.69. The van der Waals surface area contributed by atoms with Crippen molar-refractivity contribution in [2.45, 2.75) is 31.6 Å². The van der Waals surface area contributed by atoms with E-state index in [0.29, 0.717) is 29.5 Å². The van der Waals surface area contributed by atoms with Gasteiger partial charge in [0.05, 0.1) is 31.8 Å². The maximum Gasteiger partial charge on any atom is 0.243 e. The Balaban J connectivity index is 1.46. The minimum absolute atomic E-state index is 0.149. The first-order valence-electron chi connectivity index (χ1n) is 12.4. The molecule has 0 saturated carbocycles. The molecule has 0 bridgehead atoms. The number of likely N-dealkylation sites (N-methyl/N-ethyl adjacent to an activating group) is 2. The average Bonchev–Trinajstić information content (AvgIpc) is 3.28. The second-order valence-electron chi connectivity index (χ2n) is 9.78. The number of carbonyl (C=O) groups is 2. The van der Waals surface area contributed by atoms with E-state index in [1.54, 1.807) is 37.9 Å². The molecule has 1 saturated heterocycles. The van der Waals surface area contributed by atoms with E-state index in [9.17, 15) is 18.0 Å². The monoisotopic (exact) mass is 530 g/mol. The van der Waals surface area contributed by atoms with Crippen LogP contribution >= 0.6 is 0 Å². The molecule has 0 aliphatic carbocycles. The van der Waals surface area contributed by atoms with E-state index in [1.807, 2.05) is 6.07 Å². The van der Waals surface area contributed by atoms with Crippen molar-refractivity contribution in [3.63, 3.8) is 0 Å². The molecule has 2 aromatic rings. The Bertz CT molecular complexity index is 1180. The Labute approximate surface area is 220 Å². The van der Waals surface area contributed by atoms with Gasteiger partial charge in [-0.1, -0.05) is 30.3 Å². The molecule has 10 heteroatoms. The molecule has 1 N–H and O–H groups in total. The van der Waals surface area contributed by atoms with E-state index < -0.39 is 22.5 Å². The van der Waals surface area contributed by atoms with E-state index in [-0.39, 0.29) is 17.3 Å². The number of nitrogens with zero attached hydrogens (tertiary/aromatic N) is 3. The summed E-state index contributed by atoms with van der Waals surface area (Å²) in [6.07, 6.45) is 2.11. The number of nitrogens with one attached hydrogen (secondary N) is 1. The summed E-state index contributed by atoms with van der Waals surface area (Å²) in [6.45, 7) is 5.14. The number of rotatable bonds is 11. The fourth-order valence-electron chi connectivity index (χ4n) is 4.78. The van der Waals surface area contributed by atoms with Crippen LogP contribution in [0, 0.1) is 19.8 Å². The SMILES string of the molecule is COc1cc(C)c(S(=O)(=O)N(C)CC(=O)NCC(=O)N(C)CN2CCC(Cc3ccccc3)C2)c(C)c1. The van der Waals surface area contributed by atoms with Crippen molar-refractivity contribution in [3.05, 3.63) is 59.2 Å². The van der Waals surface area contributed by atoms with Gasteiger partial charge in [0.2, 0.25) is 21.8 Å². The van der Waals surface area contributed by atoms with Crippen LogP contribution in [0.1, 0.15) is 23.1 Å². The second-order valence-corrected chi connectivity index (χ2v) is 11.8. The number of carbonyl (C=O) groups excluding carboxylic acids is 2. The Morgan fingerprint density at radius 3 is 2.38 bits per heavy atom. The highest BCUT2D eigenvalue weighted by molar-refractivity contribution is 7.89. The van der Waals surface area contributed by atoms with Crippen molar-refractivity contribution >= 4 is 21.8 Å². The maximum atomic E-state index is 13.1. The van der Waals surface area contributed by atoms with Gasteiger partial charge in [0, 0.05) is 27.2 Å². The largest absolute Gasteiger partial charge is 0.497 e. The molecule has 0 spiro atoms. The molecule has 1 aliphatic rings. The highest BCUT2D eigenvalue weighted by Gasteiger charge is 2.28. The zero-order valence-electron chi connectivity index (χ0n) is 22.4. The minimum Gasteiger partial charge on any atom is -0.497 e. The average molecular weight is 531 g/mol. The quantitative estimate of drug-likeness (QED) is 0.477. The van der Waals surface area contributed by atoms with Crippen molar-refractivity contribution in [2.75, 3.05) is 54.1 Å². The van der Waals surface area contributed by atoms with Crippen molar-refractivity contribution in [1.82, 2.24) is 19.4 Å². The highest BCUT2D eigenvalue weighted by Crippen LogP contribution is 2.27. The van der Waals surface area contributed by atoms with Gasteiger partial charge in [0.1, 0.15) is 5.75 Å². The number of likely N-dealkylation sites (tertiary alicyclic amines) is 1. The first kappa shape index (κ1) is 28.6. The lowest BCUT2D eigenvalue weighted by Crippen LogP contribution is -2.45. The number of methoxy groups -OCH3 is 1. The van der Waals surface area contributed by atoms with E-state index in [1.165, 1.54) is 19.7 Å². The summed E-state index contributed by atoms with van der Waals surface area (Å²) in [4.78, 5) is 29.1. The number of benzene rings is 2. The third-order valence-electron chi connectivity index (χ3n) is 6.72. The third-order valence-corrected chi connectivity index (χ3v) is 8.83. The molecule has 1 heterocycles. The lowest BCUT2D eigenvalue weighted by atomic mass is 9.99. The molecule has 1 aliphatic heterocycles. The number of ether oxygens (including phenoxy) is 1. The Hall–Kier alpha value is -2.95. The molecule has 1 unspecified atom stereocenters. The summed E-state index contributed by atoms with van der Waals surface area (Å²) >= 11 is 0. The van der Waals surface area contributed by atoms with Crippen LogP contribution in [0.25, 0.3) is 0 Å². The fourth-order valence-corrected chi connectivity index (χ4v) is 6.31. The fraction of sp³-hybridized carbons (Fsp3) is 0.481. The van der Waals surface area contributed by atoms with Gasteiger partial charge < -0.3 is 15.0 Å². The molecule has 37 heavy (non-hydrogen) atoms. The molecule has 2 amide bonds. The molecular weight excluding hydrogens is 492 g/mol. The van der Waals surface area contributed by atoms with Crippen LogP contribution in [0.4, 0.5) is 0 Å². The van der Waals surface area contributed by atoms with Gasteiger partial charge in [-0.3, -0.25) is 14.5 Å². The molecule has 1 fully saturated rings. The zero-order chi connectivity index (χ0) is 27.2. The van der Waals surface area contributed by atoms with E-state index >= 15 is 0 Å². The number of sulfonamides is 1. The Morgan fingerprint density at radius 1 is 1.11 bits per heavy atom. The van der Waals surface area contributed by atoms with Crippen LogP contribution in [-0.4, -0.2) is 88.4 Å². The molecule has 0 radical (unpaired) electrons. The van der Waals surface area contributed by atoms with E-state index in [4.69, 9.17) is 4.74 Å². The predicted octanol–water partition coefficient (Wildman–Crippen LogP) is 2.03. The maximum absolute atomic E-state index is 13.1. The van der Waals surface area contributed by atoms with Gasteiger partial charge in [-0.2, -0.15) is 4.31 Å². The van der Waals surface area contributed by atoms with Crippen LogP contribution < -0.4 is 10.1 Å². The van der Waals surface area contributed by atoms with Crippen LogP contribution in [0.3, 0.4) is 0 Å². The Morgan fingerprint density at radius 2 is 1.76 bits per heavy atom. The van der Waals surface area contributed by atoms with Gasteiger partial charge >= 0.3 is 0 Å². The number of hydrogen-bond donors (Lipinski definition) is 1. The first-order valence-corrected chi connectivity index (χ1v) is 13.8. The van der Waals surface area contributed by atoms with E-state index in [2.05, 4.69) is 34.5 Å².